The molecule has 0 heteroatoms. The molecule has 9 unspecified atom stereocenters. The normalized spacial score (nSPS) is 80.5. The van der Waals surface area contributed by atoms with Crippen molar-refractivity contribution in [1.29, 1.82) is 0 Å². The van der Waals surface area contributed by atoms with Crippen LogP contribution in [0.3, 0.4) is 0 Å². The van der Waals surface area contributed by atoms with Gasteiger partial charge in [-0.25, -0.2) is 0 Å². The quantitative estimate of drug-likeness (QED) is 0.495. The maximum atomic E-state index is 2.50. The fraction of sp³-hybridized carbons (Fsp3) is 1.00. The van der Waals surface area contributed by atoms with Gasteiger partial charge in [0.25, 0.3) is 0 Å². The van der Waals surface area contributed by atoms with Gasteiger partial charge in [0, 0.05) is 0 Å². The first kappa shape index (κ1) is 6.48. The average molecular weight is 174 g/mol. The molecule has 70 valence electrons. The summed E-state index contributed by atoms with van der Waals surface area (Å²) in [6.07, 6.45) is 4.83. The summed E-state index contributed by atoms with van der Waals surface area (Å²) >= 11 is 0. The third-order valence-corrected chi connectivity index (χ3v) is 6.88. The van der Waals surface area contributed by atoms with Crippen LogP contribution in [0.4, 0.5) is 0 Å². The van der Waals surface area contributed by atoms with E-state index < -0.39 is 0 Å². The van der Waals surface area contributed by atoms with E-state index in [9.17, 15) is 0 Å². The van der Waals surface area contributed by atoms with Gasteiger partial charge in [-0.2, -0.15) is 0 Å². The monoisotopic (exact) mass is 174 g/mol. The zero-order chi connectivity index (χ0) is 8.32. The molecule has 0 N–H and O–H groups in total. The summed E-state index contributed by atoms with van der Waals surface area (Å²) in [4.78, 5) is 0. The van der Waals surface area contributed by atoms with E-state index in [2.05, 4.69) is 6.92 Å². The van der Waals surface area contributed by atoms with Crippen LogP contribution in [0.2, 0.25) is 0 Å². The number of rotatable bonds is 0. The van der Waals surface area contributed by atoms with Crippen LogP contribution in [-0.2, 0) is 0 Å². The van der Waals surface area contributed by atoms with Gasteiger partial charge in [-0.1, -0.05) is 6.92 Å². The Bertz CT molecular complexity index is 288. The molecule has 0 spiro atoms. The van der Waals surface area contributed by atoms with Gasteiger partial charge in [0.2, 0.25) is 0 Å². The third-order valence-electron chi connectivity index (χ3n) is 6.88. The second kappa shape index (κ2) is 1.61. The van der Waals surface area contributed by atoms with Crippen molar-refractivity contribution in [2.24, 2.45) is 53.3 Å². The lowest BCUT2D eigenvalue weighted by molar-refractivity contribution is -0.373. The largest absolute Gasteiger partial charge is 0.0622 e. The first-order valence-corrected chi connectivity index (χ1v) is 6.38. The van der Waals surface area contributed by atoms with Crippen LogP contribution >= 0.6 is 0 Å². The van der Waals surface area contributed by atoms with Gasteiger partial charge < -0.3 is 0 Å². The van der Waals surface area contributed by atoms with Gasteiger partial charge in [0.15, 0.2) is 0 Å². The highest BCUT2D eigenvalue weighted by Crippen LogP contribution is 2.83. The van der Waals surface area contributed by atoms with E-state index in [-0.39, 0.29) is 0 Å². The fourth-order valence-electron chi connectivity index (χ4n) is 6.37. The van der Waals surface area contributed by atoms with Crippen molar-refractivity contribution in [2.75, 3.05) is 0 Å². The van der Waals surface area contributed by atoms with Crippen LogP contribution in [0.5, 0.6) is 0 Å². The topological polar surface area (TPSA) is 0 Å². The SMILES string of the molecule is CC1CC2C1C1C3C4CCC4C3C21. The van der Waals surface area contributed by atoms with E-state index in [0.29, 0.717) is 0 Å². The van der Waals surface area contributed by atoms with Crippen LogP contribution in [0.25, 0.3) is 0 Å². The Balaban J connectivity index is 1.49. The lowest BCUT2D eigenvalue weighted by Crippen LogP contribution is -2.80. The smallest absolute Gasteiger partial charge is 0.0312 e. The van der Waals surface area contributed by atoms with E-state index >= 15 is 0 Å². The van der Waals surface area contributed by atoms with Crippen molar-refractivity contribution in [3.05, 3.63) is 0 Å². The van der Waals surface area contributed by atoms with Crippen molar-refractivity contribution >= 4 is 0 Å². The number of hydrogen-bond acceptors (Lipinski definition) is 0. The van der Waals surface area contributed by atoms with Gasteiger partial charge in [0.1, 0.15) is 0 Å². The Labute approximate surface area is 80.1 Å². The van der Waals surface area contributed by atoms with Gasteiger partial charge in [0.05, 0.1) is 0 Å². The Hall–Kier alpha value is 0. The van der Waals surface area contributed by atoms with E-state index in [1.54, 1.807) is 19.3 Å². The molecule has 5 fully saturated rings. The minimum atomic E-state index is 1.12. The van der Waals surface area contributed by atoms with E-state index in [1.165, 1.54) is 47.3 Å². The molecule has 9 atom stereocenters. The van der Waals surface area contributed by atoms with Crippen molar-refractivity contribution in [1.82, 2.24) is 0 Å². The van der Waals surface area contributed by atoms with Crippen LogP contribution in [0.15, 0.2) is 0 Å². The lowest BCUT2D eigenvalue weighted by atomic mass is 9.20. The molecule has 0 bridgehead atoms. The zero-order valence-electron chi connectivity index (χ0n) is 8.32. The average Bonchev–Trinajstić information content (AvgIpc) is 2.05. The summed E-state index contributed by atoms with van der Waals surface area (Å²) in [6, 6.07) is 0. The molecule has 0 aromatic rings. The van der Waals surface area contributed by atoms with Gasteiger partial charge >= 0.3 is 0 Å². The Morgan fingerprint density at radius 3 is 1.92 bits per heavy atom. The van der Waals surface area contributed by atoms with Gasteiger partial charge in [-0.3, -0.25) is 0 Å². The molecule has 0 saturated heterocycles. The van der Waals surface area contributed by atoms with Crippen molar-refractivity contribution in [3.63, 3.8) is 0 Å². The second-order valence-corrected chi connectivity index (χ2v) is 6.67. The molecular formula is C13H18. The highest BCUT2D eigenvalue weighted by molar-refractivity contribution is 5.26. The van der Waals surface area contributed by atoms with Crippen molar-refractivity contribution in [3.8, 4) is 0 Å². The summed E-state index contributed by atoms with van der Waals surface area (Å²) in [5, 5.41) is 0. The van der Waals surface area contributed by atoms with E-state index in [1.807, 2.05) is 0 Å². The zero-order valence-corrected chi connectivity index (χ0v) is 8.32. The standard InChI is InChI=1S/C13H18/c1-5-4-8-9(5)13-11-7-3-2-6(7)10(11)12(8)13/h5-13H,2-4H2,1H3. The molecule has 0 nitrogen and oxygen atoms in total. The highest BCUT2D eigenvalue weighted by atomic mass is 14.8. The van der Waals surface area contributed by atoms with Crippen molar-refractivity contribution in [2.45, 2.75) is 26.2 Å². The molecule has 5 rings (SSSR count). The van der Waals surface area contributed by atoms with Crippen molar-refractivity contribution < 1.29 is 0 Å². The van der Waals surface area contributed by atoms with Gasteiger partial charge in [-0.15, -0.1) is 0 Å². The minimum absolute atomic E-state index is 1.12. The first-order valence-electron chi connectivity index (χ1n) is 6.38. The third kappa shape index (κ3) is 0.427. The molecule has 0 aromatic heterocycles. The highest BCUT2D eigenvalue weighted by Gasteiger charge is 2.79. The van der Waals surface area contributed by atoms with Gasteiger partial charge in [-0.05, 0) is 72.5 Å². The molecule has 13 heavy (non-hydrogen) atoms. The Morgan fingerprint density at radius 2 is 1.31 bits per heavy atom. The van der Waals surface area contributed by atoms with Crippen LogP contribution in [-0.4, -0.2) is 0 Å². The molecule has 0 amide bonds. The molecule has 0 radical (unpaired) electrons. The molecule has 5 aliphatic carbocycles. The molecule has 0 heterocycles. The van der Waals surface area contributed by atoms with Crippen LogP contribution < -0.4 is 0 Å². The van der Waals surface area contributed by atoms with Crippen LogP contribution in [0, 0.1) is 53.3 Å². The Kier molecular flexibility index (Phi) is 0.804. The van der Waals surface area contributed by atoms with E-state index in [0.717, 1.165) is 5.92 Å². The molecule has 0 aliphatic heterocycles. The summed E-state index contributed by atoms with van der Waals surface area (Å²) in [5.74, 6) is 11.2. The lowest BCUT2D eigenvalue weighted by Gasteiger charge is -2.85. The molecule has 0 aromatic carbocycles. The maximum absolute atomic E-state index is 2.50. The number of hydrogen-bond donors (Lipinski definition) is 0. The summed E-state index contributed by atoms with van der Waals surface area (Å²) in [5.41, 5.74) is 0. The predicted molar refractivity (Wildman–Crippen MR) is 50.9 cm³/mol. The second-order valence-electron chi connectivity index (χ2n) is 6.67. The Morgan fingerprint density at radius 1 is 0.692 bits per heavy atom. The fourth-order valence-corrected chi connectivity index (χ4v) is 6.37. The summed E-state index contributed by atoms with van der Waals surface area (Å²) in [7, 11) is 0. The molecular weight excluding hydrogens is 156 g/mol. The predicted octanol–water partition coefficient (Wildman–Crippen LogP) is 2.79. The number of fused-ring (bicyclic) bond motifs is 10. The van der Waals surface area contributed by atoms with Crippen LogP contribution in [0.1, 0.15) is 26.2 Å². The molecule has 5 aliphatic rings. The summed E-state index contributed by atoms with van der Waals surface area (Å²) < 4.78 is 0. The maximum Gasteiger partial charge on any atom is -0.0312 e. The van der Waals surface area contributed by atoms with E-state index in [4.69, 9.17) is 0 Å². The summed E-state index contributed by atoms with van der Waals surface area (Å²) in [6.45, 7) is 2.50. The molecule has 5 saturated carbocycles. The first-order chi connectivity index (χ1) is 6.38. The minimum Gasteiger partial charge on any atom is -0.0622 e.